The molecule has 1 saturated carbocycles. The van der Waals surface area contributed by atoms with Gasteiger partial charge in [0.2, 0.25) is 0 Å². The zero-order chi connectivity index (χ0) is 26.0. The Kier molecular flexibility index (Phi) is 9.41. The predicted octanol–water partition coefficient (Wildman–Crippen LogP) is 6.15. The Morgan fingerprint density at radius 3 is 2.22 bits per heavy atom. The maximum Gasteiger partial charge on any atom is 0.306 e. The zero-order valence-corrected chi connectivity index (χ0v) is 21.8. The molecule has 4 rings (SSSR count). The topological polar surface area (TPSA) is 73.9 Å². The molecule has 0 heterocycles. The van der Waals surface area contributed by atoms with Gasteiger partial charge in [0.25, 0.3) is 5.91 Å². The Balaban J connectivity index is 1.49. The smallest absolute Gasteiger partial charge is 0.306 e. The lowest BCUT2D eigenvalue weighted by molar-refractivity contribution is -0.140. The molecule has 1 fully saturated rings. The summed E-state index contributed by atoms with van der Waals surface area (Å²) in [5, 5.41) is 5.17. The van der Waals surface area contributed by atoms with Gasteiger partial charge >= 0.3 is 5.97 Å². The summed E-state index contributed by atoms with van der Waals surface area (Å²) in [4.78, 5) is 24.7. The predicted molar refractivity (Wildman–Crippen MR) is 145 cm³/mol. The van der Waals surface area contributed by atoms with Crippen LogP contribution >= 0.6 is 0 Å². The van der Waals surface area contributed by atoms with Crippen LogP contribution in [-0.2, 0) is 14.3 Å². The lowest BCUT2D eigenvalue weighted by atomic mass is 9.87. The number of hydrogen-bond donors (Lipinski definition) is 1. The molecule has 1 aliphatic rings. The number of fused-ring (bicyclic) bond motifs is 1. The fourth-order valence-corrected chi connectivity index (χ4v) is 5.03. The molecule has 1 amide bonds. The highest BCUT2D eigenvalue weighted by molar-refractivity contribution is 5.85. The lowest BCUT2D eigenvalue weighted by Crippen LogP contribution is -2.37. The van der Waals surface area contributed by atoms with E-state index in [0.717, 1.165) is 40.5 Å². The molecular weight excluding hydrogens is 466 g/mol. The maximum absolute atomic E-state index is 12.5. The third-order valence-corrected chi connectivity index (χ3v) is 7.02. The SMILES string of the molecule is CCOc1ccc(C(CC(=O)OC)c2ccc3ccc(OCC(=O)NC4CCCCCC4)cc3c2)cc1. The summed E-state index contributed by atoms with van der Waals surface area (Å²) >= 11 is 0. The van der Waals surface area contributed by atoms with Gasteiger partial charge in [-0.25, -0.2) is 0 Å². The number of amides is 1. The summed E-state index contributed by atoms with van der Waals surface area (Å²) in [6, 6.07) is 20.1. The van der Waals surface area contributed by atoms with Gasteiger partial charge in [-0.1, -0.05) is 62.1 Å². The van der Waals surface area contributed by atoms with E-state index in [2.05, 4.69) is 11.4 Å². The molecule has 0 spiro atoms. The van der Waals surface area contributed by atoms with Crippen molar-refractivity contribution in [3.8, 4) is 11.5 Å². The van der Waals surface area contributed by atoms with E-state index in [9.17, 15) is 9.59 Å². The number of hydrogen-bond acceptors (Lipinski definition) is 5. The van der Waals surface area contributed by atoms with Crippen LogP contribution in [0.3, 0.4) is 0 Å². The normalized spacial score (nSPS) is 15.0. The van der Waals surface area contributed by atoms with Crippen LogP contribution in [0.25, 0.3) is 10.8 Å². The summed E-state index contributed by atoms with van der Waals surface area (Å²) in [6.45, 7) is 2.55. The highest BCUT2D eigenvalue weighted by Gasteiger charge is 2.20. The van der Waals surface area contributed by atoms with Crippen molar-refractivity contribution in [1.82, 2.24) is 5.32 Å². The first-order chi connectivity index (χ1) is 18.1. The molecule has 1 unspecified atom stereocenters. The summed E-state index contributed by atoms with van der Waals surface area (Å²) in [6.07, 6.45) is 7.17. The number of benzene rings is 3. The van der Waals surface area contributed by atoms with E-state index in [1.54, 1.807) is 0 Å². The minimum atomic E-state index is -0.268. The molecule has 1 N–H and O–H groups in total. The highest BCUT2D eigenvalue weighted by atomic mass is 16.5. The quantitative estimate of drug-likeness (QED) is 0.265. The van der Waals surface area contributed by atoms with Crippen molar-refractivity contribution in [3.05, 3.63) is 71.8 Å². The molecule has 6 nitrogen and oxygen atoms in total. The molecule has 1 atom stereocenters. The number of carbonyl (C=O) groups excluding carboxylic acids is 2. The number of carbonyl (C=O) groups is 2. The molecule has 3 aromatic carbocycles. The third kappa shape index (κ3) is 7.48. The van der Waals surface area contributed by atoms with Gasteiger partial charge in [-0.15, -0.1) is 0 Å². The molecule has 37 heavy (non-hydrogen) atoms. The van der Waals surface area contributed by atoms with Gasteiger partial charge < -0.3 is 19.5 Å². The number of ether oxygens (including phenoxy) is 3. The molecule has 0 aliphatic heterocycles. The first-order valence-corrected chi connectivity index (χ1v) is 13.3. The van der Waals surface area contributed by atoms with Crippen LogP contribution in [0.15, 0.2) is 60.7 Å². The second-order valence-electron chi connectivity index (χ2n) is 9.65. The highest BCUT2D eigenvalue weighted by Crippen LogP contribution is 2.33. The van der Waals surface area contributed by atoms with E-state index in [0.29, 0.717) is 12.4 Å². The molecule has 0 aromatic heterocycles. The third-order valence-electron chi connectivity index (χ3n) is 7.02. The van der Waals surface area contributed by atoms with Gasteiger partial charge in [0, 0.05) is 12.0 Å². The van der Waals surface area contributed by atoms with E-state index in [1.807, 2.05) is 61.5 Å². The summed E-state index contributed by atoms with van der Waals surface area (Å²) < 4.78 is 16.4. The average molecular weight is 504 g/mol. The molecular formula is C31H37NO5. The van der Waals surface area contributed by atoms with E-state index in [1.165, 1.54) is 32.8 Å². The number of methoxy groups -OCH3 is 1. The Bertz CT molecular complexity index is 1180. The monoisotopic (exact) mass is 503 g/mol. The van der Waals surface area contributed by atoms with Gasteiger partial charge in [-0.05, 0) is 65.9 Å². The summed E-state index contributed by atoms with van der Waals surface area (Å²) in [5.41, 5.74) is 2.01. The van der Waals surface area contributed by atoms with Crippen molar-refractivity contribution < 1.29 is 23.8 Å². The van der Waals surface area contributed by atoms with Crippen molar-refractivity contribution in [3.63, 3.8) is 0 Å². The minimum absolute atomic E-state index is 0.00115. The number of esters is 1. The van der Waals surface area contributed by atoms with Crippen LogP contribution in [0.2, 0.25) is 0 Å². The largest absolute Gasteiger partial charge is 0.494 e. The van der Waals surface area contributed by atoms with Crippen molar-refractivity contribution in [2.45, 2.75) is 63.8 Å². The second kappa shape index (κ2) is 13.1. The standard InChI is InChI=1S/C31H37NO5/c1-3-36-27-15-13-23(14-16-27)29(20-31(34)35-2)24-11-10-22-12-17-28(19-25(22)18-24)37-21-30(33)32-26-8-6-4-5-7-9-26/h10-19,26,29H,3-9,20-21H2,1-2H3,(H,32,33). The first kappa shape index (κ1) is 26.5. The fraction of sp³-hybridized carbons (Fsp3) is 0.419. The second-order valence-corrected chi connectivity index (χ2v) is 9.65. The van der Waals surface area contributed by atoms with E-state index >= 15 is 0 Å². The lowest BCUT2D eigenvalue weighted by Gasteiger charge is -2.18. The van der Waals surface area contributed by atoms with Gasteiger partial charge in [-0.3, -0.25) is 9.59 Å². The first-order valence-electron chi connectivity index (χ1n) is 13.3. The Morgan fingerprint density at radius 2 is 1.51 bits per heavy atom. The number of nitrogens with one attached hydrogen (secondary N) is 1. The number of rotatable bonds is 10. The van der Waals surface area contributed by atoms with E-state index < -0.39 is 0 Å². The molecule has 0 radical (unpaired) electrons. The van der Waals surface area contributed by atoms with Crippen LogP contribution in [-0.4, -0.2) is 38.2 Å². The fourth-order valence-electron chi connectivity index (χ4n) is 5.03. The van der Waals surface area contributed by atoms with Crippen molar-refractivity contribution in [2.75, 3.05) is 20.3 Å². The summed E-state index contributed by atoms with van der Waals surface area (Å²) in [5.74, 6) is 0.935. The molecule has 6 heteroatoms. The Hall–Kier alpha value is -3.54. The van der Waals surface area contributed by atoms with Crippen LogP contribution in [0.5, 0.6) is 11.5 Å². The van der Waals surface area contributed by atoms with Crippen LogP contribution in [0.4, 0.5) is 0 Å². The Morgan fingerprint density at radius 1 is 0.838 bits per heavy atom. The molecule has 3 aromatic rings. The van der Waals surface area contributed by atoms with Crippen molar-refractivity contribution >= 4 is 22.6 Å². The van der Waals surface area contributed by atoms with Gasteiger partial charge in [-0.2, -0.15) is 0 Å². The van der Waals surface area contributed by atoms with Gasteiger partial charge in [0.15, 0.2) is 6.61 Å². The minimum Gasteiger partial charge on any atom is -0.494 e. The van der Waals surface area contributed by atoms with Crippen LogP contribution in [0.1, 0.15) is 68.9 Å². The van der Waals surface area contributed by atoms with Gasteiger partial charge in [0.05, 0.1) is 20.1 Å². The molecule has 196 valence electrons. The molecule has 0 bridgehead atoms. The summed E-state index contributed by atoms with van der Waals surface area (Å²) in [7, 11) is 1.41. The van der Waals surface area contributed by atoms with E-state index in [-0.39, 0.29) is 36.9 Å². The molecule has 0 saturated heterocycles. The van der Waals surface area contributed by atoms with Crippen molar-refractivity contribution in [2.24, 2.45) is 0 Å². The zero-order valence-electron chi connectivity index (χ0n) is 21.8. The van der Waals surface area contributed by atoms with Crippen LogP contribution in [0, 0.1) is 0 Å². The van der Waals surface area contributed by atoms with E-state index in [4.69, 9.17) is 14.2 Å². The Labute approximate surface area is 219 Å². The maximum atomic E-state index is 12.5. The average Bonchev–Trinajstić information content (AvgIpc) is 3.19. The van der Waals surface area contributed by atoms with Gasteiger partial charge in [0.1, 0.15) is 11.5 Å². The van der Waals surface area contributed by atoms with Crippen molar-refractivity contribution in [1.29, 1.82) is 0 Å². The molecule has 1 aliphatic carbocycles. The van der Waals surface area contributed by atoms with Crippen LogP contribution < -0.4 is 14.8 Å².